The number of methoxy groups -OCH3 is 2. The molecule has 0 fully saturated rings. The molecule has 7 heteroatoms. The molecule has 0 atom stereocenters. The number of carbonyl (C=O) groups excluding carboxylic acids is 1. The lowest BCUT2D eigenvalue weighted by Crippen LogP contribution is -2.16. The summed E-state index contributed by atoms with van der Waals surface area (Å²) in [5.74, 6) is 0.601. The minimum atomic E-state index is -0.293. The molecule has 0 aliphatic rings. The summed E-state index contributed by atoms with van der Waals surface area (Å²) in [6, 6.07) is 7.06. The zero-order valence-electron chi connectivity index (χ0n) is 14.4. The van der Waals surface area contributed by atoms with Gasteiger partial charge in [-0.15, -0.1) is 0 Å². The minimum absolute atomic E-state index is 0.293. The van der Waals surface area contributed by atoms with Gasteiger partial charge in [0.15, 0.2) is 0 Å². The highest BCUT2D eigenvalue weighted by molar-refractivity contribution is 6.32. The SMILES string of the molecule is COc1cc(NC(=O)c2c(C)nc3ccc(C)cn23)c(OC)cc1Cl. The van der Waals surface area contributed by atoms with E-state index in [0.29, 0.717) is 39.2 Å². The van der Waals surface area contributed by atoms with E-state index >= 15 is 0 Å². The predicted molar refractivity (Wildman–Crippen MR) is 97.2 cm³/mol. The highest BCUT2D eigenvalue weighted by Crippen LogP contribution is 2.36. The fraction of sp³-hybridized carbons (Fsp3) is 0.222. The third kappa shape index (κ3) is 3.13. The monoisotopic (exact) mass is 359 g/mol. The molecule has 1 N–H and O–H groups in total. The van der Waals surface area contributed by atoms with Crippen LogP contribution in [0.3, 0.4) is 0 Å². The number of carbonyl (C=O) groups is 1. The van der Waals surface area contributed by atoms with Gasteiger partial charge in [-0.3, -0.25) is 9.20 Å². The van der Waals surface area contributed by atoms with Gasteiger partial charge >= 0.3 is 0 Å². The van der Waals surface area contributed by atoms with Crippen molar-refractivity contribution < 1.29 is 14.3 Å². The molecular formula is C18H18ClN3O3. The maximum absolute atomic E-state index is 12.9. The van der Waals surface area contributed by atoms with Crippen LogP contribution in [-0.4, -0.2) is 29.5 Å². The average molecular weight is 360 g/mol. The van der Waals surface area contributed by atoms with Gasteiger partial charge in [0.2, 0.25) is 0 Å². The number of aromatic nitrogens is 2. The summed E-state index contributed by atoms with van der Waals surface area (Å²) in [5, 5.41) is 3.26. The Morgan fingerprint density at radius 3 is 2.56 bits per heavy atom. The largest absolute Gasteiger partial charge is 0.495 e. The van der Waals surface area contributed by atoms with Crippen molar-refractivity contribution in [1.29, 1.82) is 0 Å². The molecular weight excluding hydrogens is 342 g/mol. The number of halogens is 1. The van der Waals surface area contributed by atoms with Crippen LogP contribution in [0, 0.1) is 13.8 Å². The Hall–Kier alpha value is -2.73. The van der Waals surface area contributed by atoms with Crippen LogP contribution in [0.15, 0.2) is 30.5 Å². The summed E-state index contributed by atoms with van der Waals surface area (Å²) in [6.07, 6.45) is 1.88. The molecule has 0 aliphatic carbocycles. The van der Waals surface area contributed by atoms with Crippen molar-refractivity contribution in [2.75, 3.05) is 19.5 Å². The fourth-order valence-corrected chi connectivity index (χ4v) is 2.91. The molecule has 0 saturated heterocycles. The van der Waals surface area contributed by atoms with Crippen molar-refractivity contribution in [3.63, 3.8) is 0 Å². The van der Waals surface area contributed by atoms with Gasteiger partial charge in [-0.2, -0.15) is 0 Å². The fourth-order valence-electron chi connectivity index (χ4n) is 2.68. The van der Waals surface area contributed by atoms with Crippen molar-refractivity contribution in [2.24, 2.45) is 0 Å². The first-order valence-corrected chi connectivity index (χ1v) is 8.00. The first-order valence-electron chi connectivity index (χ1n) is 7.62. The third-order valence-electron chi connectivity index (χ3n) is 3.88. The molecule has 1 aromatic carbocycles. The average Bonchev–Trinajstić information content (AvgIpc) is 2.91. The number of amides is 1. The standard InChI is InChI=1S/C18H18ClN3O3/c1-10-5-6-16-20-11(2)17(22(16)9-10)18(23)21-13-8-14(24-3)12(19)7-15(13)25-4/h5-9H,1-4H3,(H,21,23). The van der Waals surface area contributed by atoms with Crippen LogP contribution in [0.4, 0.5) is 5.69 Å². The van der Waals surface area contributed by atoms with Gasteiger partial charge in [0.05, 0.1) is 30.6 Å². The van der Waals surface area contributed by atoms with Crippen molar-refractivity contribution in [3.05, 3.63) is 52.4 Å². The Morgan fingerprint density at radius 2 is 1.88 bits per heavy atom. The van der Waals surface area contributed by atoms with Gasteiger partial charge in [-0.1, -0.05) is 17.7 Å². The summed E-state index contributed by atoms with van der Waals surface area (Å²) in [7, 11) is 3.02. The molecule has 3 rings (SSSR count). The van der Waals surface area contributed by atoms with E-state index < -0.39 is 0 Å². The highest BCUT2D eigenvalue weighted by Gasteiger charge is 2.19. The first kappa shape index (κ1) is 17.1. The lowest BCUT2D eigenvalue weighted by molar-refractivity contribution is 0.102. The molecule has 2 heterocycles. The lowest BCUT2D eigenvalue weighted by atomic mass is 10.2. The van der Waals surface area contributed by atoms with Crippen LogP contribution in [0.2, 0.25) is 5.02 Å². The van der Waals surface area contributed by atoms with E-state index in [0.717, 1.165) is 5.56 Å². The van der Waals surface area contributed by atoms with Crippen molar-refractivity contribution >= 4 is 28.8 Å². The van der Waals surface area contributed by atoms with Crippen LogP contribution >= 0.6 is 11.6 Å². The zero-order chi connectivity index (χ0) is 18.1. The number of pyridine rings is 1. The molecule has 130 valence electrons. The molecule has 25 heavy (non-hydrogen) atoms. The van der Waals surface area contributed by atoms with Crippen LogP contribution in [-0.2, 0) is 0 Å². The molecule has 0 saturated carbocycles. The van der Waals surface area contributed by atoms with Crippen LogP contribution < -0.4 is 14.8 Å². The smallest absolute Gasteiger partial charge is 0.274 e. The summed E-state index contributed by atoms with van der Waals surface area (Å²) >= 11 is 6.11. The molecule has 0 bridgehead atoms. The van der Waals surface area contributed by atoms with Crippen LogP contribution in [0.5, 0.6) is 11.5 Å². The number of ether oxygens (including phenoxy) is 2. The Kier molecular flexibility index (Phi) is 4.55. The van der Waals surface area contributed by atoms with Crippen molar-refractivity contribution in [1.82, 2.24) is 9.38 Å². The van der Waals surface area contributed by atoms with Gasteiger partial charge in [0.1, 0.15) is 22.8 Å². The summed E-state index contributed by atoms with van der Waals surface area (Å²) in [5.41, 5.74) is 3.33. The van der Waals surface area contributed by atoms with Gasteiger partial charge in [0, 0.05) is 18.3 Å². The Bertz CT molecular complexity index is 966. The summed E-state index contributed by atoms with van der Waals surface area (Å²) in [6.45, 7) is 3.76. The van der Waals surface area contributed by atoms with Crippen LogP contribution in [0.1, 0.15) is 21.7 Å². The third-order valence-corrected chi connectivity index (χ3v) is 4.17. The lowest BCUT2D eigenvalue weighted by Gasteiger charge is -2.13. The molecule has 0 unspecified atom stereocenters. The van der Waals surface area contributed by atoms with Gasteiger partial charge in [-0.05, 0) is 25.5 Å². The van der Waals surface area contributed by atoms with E-state index in [4.69, 9.17) is 21.1 Å². The van der Waals surface area contributed by atoms with E-state index in [1.165, 1.54) is 14.2 Å². The number of rotatable bonds is 4. The zero-order valence-corrected chi connectivity index (χ0v) is 15.1. The first-order chi connectivity index (χ1) is 11.9. The molecule has 3 aromatic rings. The second-order valence-electron chi connectivity index (χ2n) is 5.62. The number of fused-ring (bicyclic) bond motifs is 1. The quantitative estimate of drug-likeness (QED) is 0.767. The number of benzene rings is 1. The van der Waals surface area contributed by atoms with Crippen molar-refractivity contribution in [3.8, 4) is 11.5 Å². The number of hydrogen-bond acceptors (Lipinski definition) is 4. The number of hydrogen-bond donors (Lipinski definition) is 1. The van der Waals surface area contributed by atoms with Crippen LogP contribution in [0.25, 0.3) is 5.65 Å². The molecule has 6 nitrogen and oxygen atoms in total. The maximum Gasteiger partial charge on any atom is 0.274 e. The second kappa shape index (κ2) is 6.64. The summed E-state index contributed by atoms with van der Waals surface area (Å²) < 4.78 is 12.3. The molecule has 0 spiro atoms. The normalized spacial score (nSPS) is 10.8. The van der Waals surface area contributed by atoms with Gasteiger partial charge in [-0.25, -0.2) is 4.98 Å². The molecule has 1 amide bonds. The van der Waals surface area contributed by atoms with Gasteiger partial charge in [0.25, 0.3) is 5.91 Å². The van der Waals surface area contributed by atoms with E-state index in [1.54, 1.807) is 23.5 Å². The summed E-state index contributed by atoms with van der Waals surface area (Å²) in [4.78, 5) is 17.3. The van der Waals surface area contributed by atoms with Gasteiger partial charge < -0.3 is 14.8 Å². The predicted octanol–water partition coefficient (Wildman–Crippen LogP) is 3.87. The number of imidazole rings is 1. The second-order valence-corrected chi connectivity index (χ2v) is 6.03. The van der Waals surface area contributed by atoms with E-state index in [2.05, 4.69) is 10.3 Å². The Morgan fingerprint density at radius 1 is 1.16 bits per heavy atom. The Balaban J connectivity index is 2.04. The number of anilines is 1. The molecule has 0 radical (unpaired) electrons. The van der Waals surface area contributed by atoms with Crippen molar-refractivity contribution in [2.45, 2.75) is 13.8 Å². The minimum Gasteiger partial charge on any atom is -0.495 e. The molecule has 2 aromatic heterocycles. The van der Waals surface area contributed by atoms with E-state index in [-0.39, 0.29) is 5.91 Å². The van der Waals surface area contributed by atoms with E-state index in [1.807, 2.05) is 25.3 Å². The number of nitrogens with zero attached hydrogens (tertiary/aromatic N) is 2. The number of aryl methyl sites for hydroxylation is 2. The highest BCUT2D eigenvalue weighted by atomic mass is 35.5. The molecule has 0 aliphatic heterocycles. The Labute approximate surface area is 150 Å². The maximum atomic E-state index is 12.9. The van der Waals surface area contributed by atoms with E-state index in [9.17, 15) is 4.79 Å². The number of nitrogens with one attached hydrogen (secondary N) is 1. The topological polar surface area (TPSA) is 64.9 Å².